The average molecular weight is 379 g/mol. The molecule has 28 heavy (non-hydrogen) atoms. The van der Waals surface area contributed by atoms with Gasteiger partial charge in [0.15, 0.2) is 11.4 Å². The SMILES string of the molecule is CCOc1ccc(/C=C/C(=O)NCCc2cn3cccc(OCC)c3n2)cc1. The number of ether oxygens (including phenoxy) is 2. The van der Waals surface area contributed by atoms with Crippen molar-refractivity contribution < 1.29 is 14.3 Å². The van der Waals surface area contributed by atoms with Gasteiger partial charge >= 0.3 is 0 Å². The lowest BCUT2D eigenvalue weighted by atomic mass is 10.2. The van der Waals surface area contributed by atoms with Crippen molar-refractivity contribution in [2.45, 2.75) is 20.3 Å². The molecule has 0 saturated heterocycles. The van der Waals surface area contributed by atoms with Crippen LogP contribution in [0.2, 0.25) is 0 Å². The number of benzene rings is 1. The Bertz CT molecular complexity index is 945. The first kappa shape index (κ1) is 19.5. The molecule has 1 amide bonds. The molecule has 0 spiro atoms. The fraction of sp³-hybridized carbons (Fsp3) is 0.273. The zero-order valence-electron chi connectivity index (χ0n) is 16.2. The number of nitrogens with zero attached hydrogens (tertiary/aromatic N) is 2. The van der Waals surface area contributed by atoms with Crippen LogP contribution in [0.15, 0.2) is 54.9 Å². The largest absolute Gasteiger partial charge is 0.494 e. The molecule has 0 atom stereocenters. The highest BCUT2D eigenvalue weighted by molar-refractivity contribution is 5.91. The van der Waals surface area contributed by atoms with Crippen LogP contribution in [0.25, 0.3) is 11.7 Å². The topological polar surface area (TPSA) is 64.9 Å². The van der Waals surface area contributed by atoms with Crippen molar-refractivity contribution in [3.63, 3.8) is 0 Å². The molecule has 0 radical (unpaired) electrons. The number of rotatable bonds is 9. The second-order valence-corrected chi connectivity index (χ2v) is 6.14. The fourth-order valence-corrected chi connectivity index (χ4v) is 2.81. The summed E-state index contributed by atoms with van der Waals surface area (Å²) in [6.45, 7) is 5.64. The molecule has 1 aromatic carbocycles. The predicted octanol–water partition coefficient (Wildman–Crippen LogP) is 3.50. The summed E-state index contributed by atoms with van der Waals surface area (Å²) in [5, 5.41) is 2.89. The third-order valence-electron chi connectivity index (χ3n) is 4.10. The van der Waals surface area contributed by atoms with Gasteiger partial charge in [-0.15, -0.1) is 0 Å². The number of fused-ring (bicyclic) bond motifs is 1. The van der Waals surface area contributed by atoms with Crippen molar-refractivity contribution in [3.8, 4) is 11.5 Å². The Morgan fingerprint density at radius 2 is 1.93 bits per heavy atom. The number of carbonyl (C=O) groups excluding carboxylic acids is 1. The molecule has 1 N–H and O–H groups in total. The summed E-state index contributed by atoms with van der Waals surface area (Å²) >= 11 is 0. The Balaban J connectivity index is 1.51. The Morgan fingerprint density at radius 1 is 1.14 bits per heavy atom. The lowest BCUT2D eigenvalue weighted by Crippen LogP contribution is -2.23. The van der Waals surface area contributed by atoms with Gasteiger partial charge in [-0.3, -0.25) is 4.79 Å². The molecule has 6 heteroatoms. The zero-order valence-corrected chi connectivity index (χ0v) is 16.2. The summed E-state index contributed by atoms with van der Waals surface area (Å²) in [6, 6.07) is 11.4. The van der Waals surface area contributed by atoms with E-state index >= 15 is 0 Å². The molecule has 0 unspecified atom stereocenters. The third kappa shape index (κ3) is 5.13. The minimum Gasteiger partial charge on any atom is -0.494 e. The third-order valence-corrected chi connectivity index (χ3v) is 4.10. The first-order valence-electron chi connectivity index (χ1n) is 9.47. The monoisotopic (exact) mass is 379 g/mol. The standard InChI is InChI=1S/C22H25N3O3/c1-3-27-19-10-7-17(8-11-19)9-12-21(26)23-14-13-18-16-25-15-5-6-20(28-4-2)22(25)24-18/h5-12,15-16H,3-4,13-14H2,1-2H3,(H,23,26)/b12-9+. The van der Waals surface area contributed by atoms with Crippen LogP contribution in [-0.2, 0) is 11.2 Å². The van der Waals surface area contributed by atoms with Crippen molar-refractivity contribution in [1.82, 2.24) is 14.7 Å². The van der Waals surface area contributed by atoms with Gasteiger partial charge in [-0.1, -0.05) is 12.1 Å². The molecule has 0 aliphatic rings. The number of amides is 1. The Morgan fingerprint density at radius 3 is 2.68 bits per heavy atom. The number of pyridine rings is 1. The van der Waals surface area contributed by atoms with Gasteiger partial charge in [-0.25, -0.2) is 4.98 Å². The summed E-state index contributed by atoms with van der Waals surface area (Å²) < 4.78 is 12.9. The number of hydrogen-bond donors (Lipinski definition) is 1. The minimum absolute atomic E-state index is 0.132. The maximum Gasteiger partial charge on any atom is 0.244 e. The Labute approximate surface area is 164 Å². The second kappa shape index (κ2) is 9.60. The van der Waals surface area contributed by atoms with Gasteiger partial charge in [0.2, 0.25) is 5.91 Å². The van der Waals surface area contributed by atoms with Crippen LogP contribution in [0.5, 0.6) is 11.5 Å². The number of aromatic nitrogens is 2. The summed E-state index contributed by atoms with van der Waals surface area (Å²) in [7, 11) is 0. The molecule has 0 saturated carbocycles. The molecule has 0 aliphatic carbocycles. The van der Waals surface area contributed by atoms with Crippen LogP contribution < -0.4 is 14.8 Å². The van der Waals surface area contributed by atoms with Crippen LogP contribution in [0.4, 0.5) is 0 Å². The molecule has 0 fully saturated rings. The molecule has 146 valence electrons. The summed E-state index contributed by atoms with van der Waals surface area (Å²) in [5.41, 5.74) is 2.64. The molecule has 2 aromatic heterocycles. The normalized spacial score (nSPS) is 11.1. The van der Waals surface area contributed by atoms with E-state index in [1.165, 1.54) is 6.08 Å². The molecule has 6 nitrogen and oxygen atoms in total. The fourth-order valence-electron chi connectivity index (χ4n) is 2.81. The van der Waals surface area contributed by atoms with Crippen LogP contribution in [0.3, 0.4) is 0 Å². The Kier molecular flexibility index (Phi) is 6.68. The van der Waals surface area contributed by atoms with E-state index < -0.39 is 0 Å². The number of carbonyl (C=O) groups is 1. The number of hydrogen-bond acceptors (Lipinski definition) is 4. The highest BCUT2D eigenvalue weighted by Gasteiger charge is 2.07. The first-order chi connectivity index (χ1) is 13.7. The number of imidazole rings is 1. The molecular formula is C22H25N3O3. The van der Waals surface area contributed by atoms with Crippen molar-refractivity contribution >= 4 is 17.6 Å². The van der Waals surface area contributed by atoms with Gasteiger partial charge in [0.05, 0.1) is 18.9 Å². The van der Waals surface area contributed by atoms with Crippen LogP contribution in [0, 0.1) is 0 Å². The van der Waals surface area contributed by atoms with Gasteiger partial charge in [-0.05, 0) is 49.8 Å². The lowest BCUT2D eigenvalue weighted by molar-refractivity contribution is -0.116. The van der Waals surface area contributed by atoms with E-state index in [4.69, 9.17) is 9.47 Å². The summed E-state index contributed by atoms with van der Waals surface area (Å²) in [6.07, 6.45) is 7.86. The maximum atomic E-state index is 12.0. The smallest absolute Gasteiger partial charge is 0.244 e. The molecular weight excluding hydrogens is 354 g/mol. The van der Waals surface area contributed by atoms with Gasteiger partial charge in [0, 0.05) is 31.4 Å². The van der Waals surface area contributed by atoms with Gasteiger partial charge in [0.1, 0.15) is 5.75 Å². The summed E-state index contributed by atoms with van der Waals surface area (Å²) in [4.78, 5) is 16.6. The second-order valence-electron chi connectivity index (χ2n) is 6.14. The molecule has 3 aromatic rings. The lowest BCUT2D eigenvalue weighted by Gasteiger charge is -2.03. The van der Waals surface area contributed by atoms with Crippen molar-refractivity contribution in [1.29, 1.82) is 0 Å². The van der Waals surface area contributed by atoms with Crippen molar-refractivity contribution in [2.75, 3.05) is 19.8 Å². The van der Waals surface area contributed by atoms with Crippen LogP contribution in [-0.4, -0.2) is 35.1 Å². The van der Waals surface area contributed by atoms with E-state index in [0.29, 0.717) is 26.2 Å². The van der Waals surface area contributed by atoms with Gasteiger partial charge in [0.25, 0.3) is 0 Å². The number of nitrogens with one attached hydrogen (secondary N) is 1. The predicted molar refractivity (Wildman–Crippen MR) is 110 cm³/mol. The molecule has 2 heterocycles. The molecule has 0 bridgehead atoms. The van der Waals surface area contributed by atoms with Gasteiger partial charge in [-0.2, -0.15) is 0 Å². The maximum absolute atomic E-state index is 12.0. The molecule has 3 rings (SSSR count). The minimum atomic E-state index is -0.132. The Hall–Kier alpha value is -3.28. The van der Waals surface area contributed by atoms with Crippen molar-refractivity contribution in [2.24, 2.45) is 0 Å². The van der Waals surface area contributed by atoms with E-state index in [0.717, 1.165) is 28.4 Å². The first-order valence-corrected chi connectivity index (χ1v) is 9.47. The van der Waals surface area contributed by atoms with E-state index in [2.05, 4.69) is 10.3 Å². The van der Waals surface area contributed by atoms with Gasteiger partial charge < -0.3 is 19.2 Å². The highest BCUT2D eigenvalue weighted by atomic mass is 16.5. The molecule has 0 aliphatic heterocycles. The quantitative estimate of drug-likeness (QED) is 0.578. The summed E-state index contributed by atoms with van der Waals surface area (Å²) in [5.74, 6) is 1.45. The van der Waals surface area contributed by atoms with Crippen molar-refractivity contribution in [3.05, 3.63) is 66.1 Å². The van der Waals surface area contributed by atoms with E-state index in [1.807, 2.05) is 67.0 Å². The highest BCUT2D eigenvalue weighted by Crippen LogP contribution is 2.19. The average Bonchev–Trinajstić information content (AvgIpc) is 3.12. The van der Waals surface area contributed by atoms with E-state index in [1.54, 1.807) is 6.08 Å². The van der Waals surface area contributed by atoms with E-state index in [9.17, 15) is 4.79 Å². The zero-order chi connectivity index (χ0) is 19.8. The van der Waals surface area contributed by atoms with Crippen LogP contribution >= 0.6 is 0 Å². The van der Waals surface area contributed by atoms with Crippen LogP contribution in [0.1, 0.15) is 25.1 Å². The van der Waals surface area contributed by atoms with E-state index in [-0.39, 0.29) is 5.91 Å².